The summed E-state index contributed by atoms with van der Waals surface area (Å²) in [5.41, 5.74) is 0.887. The summed E-state index contributed by atoms with van der Waals surface area (Å²) in [5.74, 6) is 0.720. The number of sulfonamides is 1. The summed E-state index contributed by atoms with van der Waals surface area (Å²) in [4.78, 5) is 0.344. The van der Waals surface area contributed by atoms with E-state index in [-0.39, 0.29) is 0 Å². The SMILES string of the molecule is CN(C)S(=O)(=O)c1cccc(NCC2CCCCC2)c1. The maximum atomic E-state index is 12.1. The average Bonchev–Trinajstić information content (AvgIpc) is 2.46. The van der Waals surface area contributed by atoms with E-state index in [1.165, 1.54) is 36.4 Å². The van der Waals surface area contributed by atoms with Gasteiger partial charge in [0.1, 0.15) is 0 Å². The molecule has 0 spiro atoms. The smallest absolute Gasteiger partial charge is 0.242 e. The molecule has 2 rings (SSSR count). The molecule has 1 saturated carbocycles. The van der Waals surface area contributed by atoms with Crippen LogP contribution in [-0.4, -0.2) is 33.4 Å². The van der Waals surface area contributed by atoms with Gasteiger partial charge in [-0.3, -0.25) is 0 Å². The number of rotatable bonds is 5. The molecular weight excluding hydrogens is 272 g/mol. The van der Waals surface area contributed by atoms with E-state index in [2.05, 4.69) is 5.32 Å². The van der Waals surface area contributed by atoms with Crippen LogP contribution in [0.2, 0.25) is 0 Å². The molecule has 0 saturated heterocycles. The van der Waals surface area contributed by atoms with Gasteiger partial charge in [0.25, 0.3) is 0 Å². The number of anilines is 1. The number of nitrogens with zero attached hydrogens (tertiary/aromatic N) is 1. The Hall–Kier alpha value is -1.07. The standard InChI is InChI=1S/C15H24N2O2S/c1-17(2)20(18,19)15-10-6-9-14(11-15)16-12-13-7-4-3-5-8-13/h6,9-11,13,16H,3-5,7-8,12H2,1-2H3. The first kappa shape index (κ1) is 15.3. The summed E-state index contributed by atoms with van der Waals surface area (Å²) in [6.07, 6.45) is 6.56. The fraction of sp³-hybridized carbons (Fsp3) is 0.600. The molecule has 1 N–H and O–H groups in total. The Labute approximate surface area is 122 Å². The minimum atomic E-state index is -3.35. The summed E-state index contributed by atoms with van der Waals surface area (Å²) in [5, 5.41) is 3.38. The second-order valence-electron chi connectivity index (χ2n) is 5.70. The number of nitrogens with one attached hydrogen (secondary N) is 1. The quantitative estimate of drug-likeness (QED) is 0.909. The molecule has 0 bridgehead atoms. The van der Waals surface area contributed by atoms with E-state index < -0.39 is 10.0 Å². The van der Waals surface area contributed by atoms with Crippen LogP contribution in [0.5, 0.6) is 0 Å². The Morgan fingerprint density at radius 2 is 1.90 bits per heavy atom. The Balaban J connectivity index is 2.02. The number of hydrogen-bond acceptors (Lipinski definition) is 3. The van der Waals surface area contributed by atoms with Crippen molar-refractivity contribution in [1.82, 2.24) is 4.31 Å². The monoisotopic (exact) mass is 296 g/mol. The first-order valence-corrected chi connectivity index (χ1v) is 8.70. The predicted molar refractivity (Wildman–Crippen MR) is 82.4 cm³/mol. The average molecular weight is 296 g/mol. The van der Waals surface area contributed by atoms with Crippen molar-refractivity contribution in [1.29, 1.82) is 0 Å². The van der Waals surface area contributed by atoms with Gasteiger partial charge in [-0.2, -0.15) is 0 Å². The van der Waals surface area contributed by atoms with Gasteiger partial charge in [0, 0.05) is 26.3 Å². The first-order valence-electron chi connectivity index (χ1n) is 7.26. The molecule has 20 heavy (non-hydrogen) atoms. The van der Waals surface area contributed by atoms with Crippen LogP contribution >= 0.6 is 0 Å². The van der Waals surface area contributed by atoms with Crippen LogP contribution < -0.4 is 5.32 Å². The van der Waals surface area contributed by atoms with Crippen molar-refractivity contribution >= 4 is 15.7 Å². The molecule has 1 aliphatic rings. The minimum absolute atomic E-state index is 0.344. The van der Waals surface area contributed by atoms with Gasteiger partial charge in [-0.15, -0.1) is 0 Å². The van der Waals surface area contributed by atoms with Crippen molar-refractivity contribution < 1.29 is 8.42 Å². The topological polar surface area (TPSA) is 49.4 Å². The highest BCUT2D eigenvalue weighted by atomic mass is 32.2. The van der Waals surface area contributed by atoms with Gasteiger partial charge in [-0.05, 0) is 37.0 Å². The lowest BCUT2D eigenvalue weighted by Crippen LogP contribution is -2.22. The Kier molecular flexibility index (Phi) is 5.05. The maximum Gasteiger partial charge on any atom is 0.242 e. The van der Waals surface area contributed by atoms with Crippen LogP contribution in [0.4, 0.5) is 5.69 Å². The molecular formula is C15H24N2O2S. The van der Waals surface area contributed by atoms with Crippen LogP contribution in [-0.2, 0) is 10.0 Å². The van der Waals surface area contributed by atoms with Crippen molar-refractivity contribution in [2.75, 3.05) is 26.0 Å². The third-order valence-corrected chi connectivity index (χ3v) is 5.74. The zero-order valence-electron chi connectivity index (χ0n) is 12.3. The molecule has 0 heterocycles. The van der Waals surface area contributed by atoms with Crippen molar-refractivity contribution in [2.24, 2.45) is 5.92 Å². The molecule has 1 aromatic rings. The van der Waals surface area contributed by atoms with Crippen LogP contribution in [0.15, 0.2) is 29.2 Å². The van der Waals surface area contributed by atoms with Gasteiger partial charge in [0.2, 0.25) is 10.0 Å². The Bertz CT molecular complexity index is 535. The lowest BCUT2D eigenvalue weighted by atomic mass is 9.89. The molecule has 0 radical (unpaired) electrons. The minimum Gasteiger partial charge on any atom is -0.385 e. The zero-order chi connectivity index (χ0) is 14.6. The van der Waals surface area contributed by atoms with Crippen LogP contribution in [0, 0.1) is 5.92 Å². The van der Waals surface area contributed by atoms with E-state index >= 15 is 0 Å². The predicted octanol–water partition coefficient (Wildman–Crippen LogP) is 2.93. The van der Waals surface area contributed by atoms with Gasteiger partial charge >= 0.3 is 0 Å². The van der Waals surface area contributed by atoms with E-state index in [0.29, 0.717) is 4.90 Å². The van der Waals surface area contributed by atoms with Crippen molar-refractivity contribution in [3.05, 3.63) is 24.3 Å². The van der Waals surface area contributed by atoms with Gasteiger partial charge in [0.15, 0.2) is 0 Å². The molecule has 0 atom stereocenters. The van der Waals surface area contributed by atoms with E-state index in [4.69, 9.17) is 0 Å². The maximum absolute atomic E-state index is 12.1. The molecule has 0 unspecified atom stereocenters. The van der Waals surface area contributed by atoms with Crippen LogP contribution in [0.1, 0.15) is 32.1 Å². The number of benzene rings is 1. The second-order valence-corrected chi connectivity index (χ2v) is 7.85. The molecule has 1 aromatic carbocycles. The lowest BCUT2D eigenvalue weighted by molar-refractivity contribution is 0.373. The summed E-state index contributed by atoms with van der Waals surface area (Å²) in [6, 6.07) is 7.08. The van der Waals surface area contributed by atoms with Crippen LogP contribution in [0.3, 0.4) is 0 Å². The molecule has 112 valence electrons. The lowest BCUT2D eigenvalue weighted by Gasteiger charge is -2.22. The van der Waals surface area contributed by atoms with Crippen molar-refractivity contribution in [3.8, 4) is 0 Å². The summed E-state index contributed by atoms with van der Waals surface area (Å²) >= 11 is 0. The fourth-order valence-electron chi connectivity index (χ4n) is 2.63. The second kappa shape index (κ2) is 6.59. The molecule has 1 fully saturated rings. The fourth-order valence-corrected chi connectivity index (χ4v) is 3.58. The van der Waals surface area contributed by atoms with Gasteiger partial charge < -0.3 is 5.32 Å². The van der Waals surface area contributed by atoms with E-state index in [9.17, 15) is 8.42 Å². The molecule has 1 aliphatic carbocycles. The third-order valence-electron chi connectivity index (χ3n) is 3.93. The highest BCUT2D eigenvalue weighted by Gasteiger charge is 2.17. The highest BCUT2D eigenvalue weighted by molar-refractivity contribution is 7.89. The third kappa shape index (κ3) is 3.73. The normalized spacial score (nSPS) is 17.4. The molecule has 0 amide bonds. The van der Waals surface area contributed by atoms with Crippen LogP contribution in [0.25, 0.3) is 0 Å². The number of hydrogen-bond donors (Lipinski definition) is 1. The van der Waals surface area contributed by atoms with Gasteiger partial charge in [0.05, 0.1) is 4.90 Å². The van der Waals surface area contributed by atoms with E-state index in [1.54, 1.807) is 32.3 Å². The molecule has 0 aliphatic heterocycles. The molecule has 4 nitrogen and oxygen atoms in total. The molecule has 0 aromatic heterocycles. The van der Waals surface area contributed by atoms with Gasteiger partial charge in [-0.25, -0.2) is 12.7 Å². The highest BCUT2D eigenvalue weighted by Crippen LogP contribution is 2.24. The Morgan fingerprint density at radius 1 is 1.20 bits per heavy atom. The van der Waals surface area contributed by atoms with Gasteiger partial charge in [-0.1, -0.05) is 25.3 Å². The summed E-state index contributed by atoms with van der Waals surface area (Å²) < 4.78 is 25.4. The first-order chi connectivity index (χ1) is 9.50. The molecule has 5 heteroatoms. The zero-order valence-corrected chi connectivity index (χ0v) is 13.1. The largest absolute Gasteiger partial charge is 0.385 e. The van der Waals surface area contributed by atoms with E-state index in [1.807, 2.05) is 6.07 Å². The summed E-state index contributed by atoms with van der Waals surface area (Å²) in [6.45, 7) is 0.936. The Morgan fingerprint density at radius 3 is 2.55 bits per heavy atom. The van der Waals surface area contributed by atoms with Crippen molar-refractivity contribution in [3.63, 3.8) is 0 Å². The van der Waals surface area contributed by atoms with Crippen molar-refractivity contribution in [2.45, 2.75) is 37.0 Å². The summed E-state index contributed by atoms with van der Waals surface area (Å²) in [7, 11) is -0.243. The van der Waals surface area contributed by atoms with E-state index in [0.717, 1.165) is 18.2 Å².